The average molecular weight is 334 g/mol. The van der Waals surface area contributed by atoms with Gasteiger partial charge in [-0.2, -0.15) is 0 Å². The molecular formula is C17H20BrNO. The molecule has 0 heterocycles. The Morgan fingerprint density at radius 1 is 1.25 bits per heavy atom. The molecule has 0 aromatic heterocycles. The molecular weight excluding hydrogens is 314 g/mol. The average Bonchev–Trinajstić information content (AvgIpc) is 2.48. The van der Waals surface area contributed by atoms with Crippen molar-refractivity contribution in [3.05, 3.63) is 53.1 Å². The first-order valence-electron chi connectivity index (χ1n) is 7.11. The highest BCUT2D eigenvalue weighted by molar-refractivity contribution is 9.15. The van der Waals surface area contributed by atoms with Crippen molar-refractivity contribution in [1.82, 2.24) is 4.90 Å². The monoisotopic (exact) mass is 333 g/mol. The zero-order valence-electron chi connectivity index (χ0n) is 12.0. The molecule has 0 fully saturated rings. The summed E-state index contributed by atoms with van der Waals surface area (Å²) in [6, 6.07) is 8.41. The lowest BCUT2D eigenvalue weighted by molar-refractivity contribution is -0.125. The molecule has 106 valence electrons. The highest BCUT2D eigenvalue weighted by Crippen LogP contribution is 2.35. The SMILES string of the molecule is CCN(CC)C(=O)C=CC1=C(Br)c2ccccc2CC1. The van der Waals surface area contributed by atoms with E-state index in [9.17, 15) is 4.79 Å². The molecule has 0 radical (unpaired) electrons. The minimum atomic E-state index is 0.0849. The van der Waals surface area contributed by atoms with Gasteiger partial charge in [-0.05, 0) is 59.3 Å². The van der Waals surface area contributed by atoms with Gasteiger partial charge in [0.25, 0.3) is 0 Å². The van der Waals surface area contributed by atoms with E-state index in [2.05, 4.69) is 34.1 Å². The highest BCUT2D eigenvalue weighted by Gasteiger charge is 2.15. The zero-order chi connectivity index (χ0) is 14.5. The third kappa shape index (κ3) is 3.21. The van der Waals surface area contributed by atoms with Crippen molar-refractivity contribution in [2.75, 3.05) is 13.1 Å². The van der Waals surface area contributed by atoms with Crippen LogP contribution in [0.25, 0.3) is 4.48 Å². The summed E-state index contributed by atoms with van der Waals surface area (Å²) in [6.45, 7) is 5.51. The van der Waals surface area contributed by atoms with E-state index in [-0.39, 0.29) is 5.91 Å². The van der Waals surface area contributed by atoms with Gasteiger partial charge in [-0.3, -0.25) is 4.79 Å². The first kappa shape index (κ1) is 15.0. The molecule has 0 saturated carbocycles. The number of carbonyl (C=O) groups is 1. The van der Waals surface area contributed by atoms with Gasteiger partial charge in [0.1, 0.15) is 0 Å². The Morgan fingerprint density at radius 2 is 1.95 bits per heavy atom. The fourth-order valence-electron chi connectivity index (χ4n) is 2.47. The molecule has 1 amide bonds. The van der Waals surface area contributed by atoms with Gasteiger partial charge in [0, 0.05) is 23.6 Å². The minimum absolute atomic E-state index is 0.0849. The number of rotatable bonds is 4. The largest absolute Gasteiger partial charge is 0.340 e. The van der Waals surface area contributed by atoms with Gasteiger partial charge in [-0.25, -0.2) is 0 Å². The van der Waals surface area contributed by atoms with Gasteiger partial charge in [0.2, 0.25) is 5.91 Å². The van der Waals surface area contributed by atoms with E-state index in [1.165, 1.54) is 16.7 Å². The molecule has 0 spiro atoms. The fraction of sp³-hybridized carbons (Fsp3) is 0.353. The van der Waals surface area contributed by atoms with E-state index in [0.717, 1.165) is 30.4 Å². The lowest BCUT2D eigenvalue weighted by Gasteiger charge is -2.19. The number of allylic oxidation sites excluding steroid dienone is 2. The molecule has 1 aromatic carbocycles. The van der Waals surface area contributed by atoms with Crippen molar-refractivity contribution in [3.8, 4) is 0 Å². The van der Waals surface area contributed by atoms with Crippen LogP contribution in [0.3, 0.4) is 0 Å². The lowest BCUT2D eigenvalue weighted by atomic mass is 9.92. The van der Waals surface area contributed by atoms with Crippen LogP contribution in [0.2, 0.25) is 0 Å². The van der Waals surface area contributed by atoms with Crippen molar-refractivity contribution in [2.45, 2.75) is 26.7 Å². The van der Waals surface area contributed by atoms with Crippen molar-refractivity contribution in [2.24, 2.45) is 0 Å². The van der Waals surface area contributed by atoms with E-state index >= 15 is 0 Å². The van der Waals surface area contributed by atoms with E-state index in [4.69, 9.17) is 0 Å². The molecule has 0 atom stereocenters. The molecule has 0 N–H and O–H groups in total. The maximum atomic E-state index is 12.0. The summed E-state index contributed by atoms with van der Waals surface area (Å²) < 4.78 is 1.11. The first-order chi connectivity index (χ1) is 9.67. The Labute approximate surface area is 129 Å². The Hall–Kier alpha value is -1.35. The Kier molecular flexibility index (Phi) is 5.18. The van der Waals surface area contributed by atoms with E-state index in [1.54, 1.807) is 6.08 Å². The van der Waals surface area contributed by atoms with Crippen LogP contribution in [0.5, 0.6) is 0 Å². The molecule has 0 aliphatic heterocycles. The third-order valence-electron chi connectivity index (χ3n) is 3.70. The summed E-state index contributed by atoms with van der Waals surface area (Å²) in [7, 11) is 0. The summed E-state index contributed by atoms with van der Waals surface area (Å²) in [4.78, 5) is 13.8. The molecule has 3 heteroatoms. The summed E-state index contributed by atoms with van der Waals surface area (Å²) in [5.41, 5.74) is 3.81. The second kappa shape index (κ2) is 6.89. The smallest absolute Gasteiger partial charge is 0.246 e. The minimum Gasteiger partial charge on any atom is -0.340 e. The van der Waals surface area contributed by atoms with Gasteiger partial charge in [0.15, 0.2) is 0 Å². The van der Waals surface area contributed by atoms with Gasteiger partial charge >= 0.3 is 0 Å². The Balaban J connectivity index is 2.20. The number of aryl methyl sites for hydroxylation is 1. The molecule has 1 aromatic rings. The van der Waals surface area contributed by atoms with Gasteiger partial charge < -0.3 is 4.90 Å². The number of hydrogen-bond acceptors (Lipinski definition) is 1. The van der Waals surface area contributed by atoms with E-state index in [1.807, 2.05) is 30.9 Å². The van der Waals surface area contributed by atoms with Crippen LogP contribution < -0.4 is 0 Å². The zero-order valence-corrected chi connectivity index (χ0v) is 13.6. The number of carbonyl (C=O) groups excluding carboxylic acids is 1. The number of fused-ring (bicyclic) bond motifs is 1. The van der Waals surface area contributed by atoms with Crippen LogP contribution in [0.15, 0.2) is 42.0 Å². The Morgan fingerprint density at radius 3 is 2.65 bits per heavy atom. The molecule has 1 aliphatic carbocycles. The van der Waals surface area contributed by atoms with Crippen molar-refractivity contribution < 1.29 is 4.79 Å². The molecule has 0 bridgehead atoms. The number of amides is 1. The number of likely N-dealkylation sites (N-methyl/N-ethyl adjacent to an activating group) is 1. The number of halogens is 1. The van der Waals surface area contributed by atoms with Crippen LogP contribution in [0.4, 0.5) is 0 Å². The number of benzene rings is 1. The van der Waals surface area contributed by atoms with Gasteiger partial charge in [0.05, 0.1) is 0 Å². The van der Waals surface area contributed by atoms with Crippen LogP contribution in [-0.4, -0.2) is 23.9 Å². The molecule has 2 nitrogen and oxygen atoms in total. The number of hydrogen-bond donors (Lipinski definition) is 0. The fourth-order valence-corrected chi connectivity index (χ4v) is 3.19. The summed E-state index contributed by atoms with van der Waals surface area (Å²) in [5.74, 6) is 0.0849. The topological polar surface area (TPSA) is 20.3 Å². The predicted molar refractivity (Wildman–Crippen MR) is 87.7 cm³/mol. The highest BCUT2D eigenvalue weighted by atomic mass is 79.9. The summed E-state index contributed by atoms with van der Waals surface area (Å²) in [6.07, 6.45) is 5.65. The van der Waals surface area contributed by atoms with Crippen LogP contribution in [0, 0.1) is 0 Å². The van der Waals surface area contributed by atoms with E-state index < -0.39 is 0 Å². The maximum Gasteiger partial charge on any atom is 0.246 e. The van der Waals surface area contributed by atoms with Crippen LogP contribution in [-0.2, 0) is 11.2 Å². The van der Waals surface area contributed by atoms with E-state index in [0.29, 0.717) is 0 Å². The normalized spacial score (nSPS) is 14.6. The molecule has 0 saturated heterocycles. The lowest BCUT2D eigenvalue weighted by Crippen LogP contribution is -2.28. The second-order valence-corrected chi connectivity index (χ2v) is 5.63. The predicted octanol–water partition coefficient (Wildman–Crippen LogP) is 4.16. The molecule has 0 unspecified atom stereocenters. The summed E-state index contributed by atoms with van der Waals surface area (Å²) >= 11 is 3.68. The first-order valence-corrected chi connectivity index (χ1v) is 7.90. The van der Waals surface area contributed by atoms with Crippen molar-refractivity contribution in [1.29, 1.82) is 0 Å². The number of nitrogens with zero attached hydrogens (tertiary/aromatic N) is 1. The quantitative estimate of drug-likeness (QED) is 0.757. The van der Waals surface area contributed by atoms with Crippen molar-refractivity contribution in [3.63, 3.8) is 0 Å². The summed E-state index contributed by atoms with van der Waals surface area (Å²) in [5, 5.41) is 0. The second-order valence-electron chi connectivity index (χ2n) is 4.84. The third-order valence-corrected chi connectivity index (χ3v) is 4.64. The van der Waals surface area contributed by atoms with Gasteiger partial charge in [-0.15, -0.1) is 0 Å². The standard InChI is InChI=1S/C17H20BrNO/c1-3-19(4-2)16(20)12-11-14-10-9-13-7-5-6-8-15(13)17(14)18/h5-8,11-12H,3-4,9-10H2,1-2H3. The maximum absolute atomic E-state index is 12.0. The van der Waals surface area contributed by atoms with Crippen LogP contribution >= 0.6 is 15.9 Å². The molecule has 20 heavy (non-hydrogen) atoms. The Bertz CT molecular complexity index is 556. The van der Waals surface area contributed by atoms with Crippen molar-refractivity contribution >= 4 is 26.3 Å². The van der Waals surface area contributed by atoms with Gasteiger partial charge in [-0.1, -0.05) is 30.3 Å². The van der Waals surface area contributed by atoms with Crippen LogP contribution in [0.1, 0.15) is 31.4 Å². The molecule has 2 rings (SSSR count). The molecule has 1 aliphatic rings.